The molecule has 0 radical (unpaired) electrons. The Labute approximate surface area is 156 Å². The second-order valence-electron chi connectivity index (χ2n) is 6.11. The molecule has 3 amide bonds. The van der Waals surface area contributed by atoms with Crippen LogP contribution in [0.1, 0.15) is 13.3 Å². The lowest BCUT2D eigenvalue weighted by molar-refractivity contribution is -0.122. The highest BCUT2D eigenvalue weighted by molar-refractivity contribution is 6.33. The van der Waals surface area contributed by atoms with E-state index in [2.05, 4.69) is 10.6 Å². The lowest BCUT2D eigenvalue weighted by Gasteiger charge is -2.18. The highest BCUT2D eigenvalue weighted by Crippen LogP contribution is 2.31. The molecule has 1 fully saturated rings. The number of hydrogen-bond donors (Lipinski definition) is 2. The van der Waals surface area contributed by atoms with Crippen LogP contribution >= 0.6 is 11.6 Å². The topological polar surface area (TPSA) is 78.5 Å². The first kappa shape index (κ1) is 17.9. The smallest absolute Gasteiger partial charge is 0.229 e. The Morgan fingerprint density at radius 1 is 1.08 bits per heavy atom. The number of hydrogen-bond acceptors (Lipinski definition) is 3. The molecule has 26 heavy (non-hydrogen) atoms. The zero-order chi connectivity index (χ0) is 18.7. The van der Waals surface area contributed by atoms with E-state index < -0.39 is 5.92 Å². The predicted molar refractivity (Wildman–Crippen MR) is 101 cm³/mol. The van der Waals surface area contributed by atoms with Gasteiger partial charge in [-0.05, 0) is 30.3 Å². The molecule has 2 N–H and O–H groups in total. The Morgan fingerprint density at radius 2 is 1.77 bits per heavy atom. The van der Waals surface area contributed by atoms with Gasteiger partial charge in [0.25, 0.3) is 0 Å². The summed E-state index contributed by atoms with van der Waals surface area (Å²) in [7, 11) is 0. The lowest BCUT2D eigenvalue weighted by Crippen LogP contribution is -2.28. The van der Waals surface area contributed by atoms with Gasteiger partial charge in [-0.25, -0.2) is 0 Å². The first-order chi connectivity index (χ1) is 12.4. The molecular formula is C19H18ClN3O3. The molecule has 1 saturated heterocycles. The summed E-state index contributed by atoms with van der Waals surface area (Å²) in [5.74, 6) is -1.04. The fourth-order valence-electron chi connectivity index (χ4n) is 2.91. The molecule has 2 aromatic rings. The number of rotatable bonds is 4. The SMILES string of the molecule is CC(=O)Nc1cccc(NC(=O)C2CC(=O)N(c3ccccc3Cl)C2)c1. The minimum absolute atomic E-state index is 0.127. The Morgan fingerprint density at radius 3 is 2.46 bits per heavy atom. The van der Waals surface area contributed by atoms with Gasteiger partial charge in [0.1, 0.15) is 0 Å². The van der Waals surface area contributed by atoms with Crippen LogP contribution in [0, 0.1) is 5.92 Å². The molecule has 1 aliphatic rings. The number of amides is 3. The summed E-state index contributed by atoms with van der Waals surface area (Å²) in [4.78, 5) is 37.5. The van der Waals surface area contributed by atoms with Gasteiger partial charge in [-0.1, -0.05) is 29.8 Å². The molecule has 1 unspecified atom stereocenters. The van der Waals surface area contributed by atoms with Crippen molar-refractivity contribution in [1.29, 1.82) is 0 Å². The number of halogens is 1. The largest absolute Gasteiger partial charge is 0.326 e. The average Bonchev–Trinajstić information content (AvgIpc) is 2.97. The first-order valence-corrected chi connectivity index (χ1v) is 8.55. The fourth-order valence-corrected chi connectivity index (χ4v) is 3.15. The summed E-state index contributed by atoms with van der Waals surface area (Å²) in [5, 5.41) is 5.94. The van der Waals surface area contributed by atoms with Crippen molar-refractivity contribution in [1.82, 2.24) is 0 Å². The number of carbonyl (C=O) groups excluding carboxylic acids is 3. The van der Waals surface area contributed by atoms with Gasteiger partial charge in [-0.15, -0.1) is 0 Å². The van der Waals surface area contributed by atoms with Crippen LogP contribution in [-0.2, 0) is 14.4 Å². The molecule has 134 valence electrons. The minimum Gasteiger partial charge on any atom is -0.326 e. The molecule has 0 aromatic heterocycles. The van der Waals surface area contributed by atoms with Crippen molar-refractivity contribution in [3.63, 3.8) is 0 Å². The summed E-state index contributed by atoms with van der Waals surface area (Å²) in [6.45, 7) is 1.69. The highest BCUT2D eigenvalue weighted by Gasteiger charge is 2.35. The molecule has 0 aliphatic carbocycles. The van der Waals surface area contributed by atoms with E-state index in [9.17, 15) is 14.4 Å². The number of benzene rings is 2. The van der Waals surface area contributed by atoms with Gasteiger partial charge in [0.15, 0.2) is 0 Å². The predicted octanol–water partition coefficient (Wildman–Crippen LogP) is 3.29. The second-order valence-corrected chi connectivity index (χ2v) is 6.52. The molecular weight excluding hydrogens is 354 g/mol. The number of anilines is 3. The second kappa shape index (κ2) is 7.58. The van der Waals surface area contributed by atoms with Crippen molar-refractivity contribution in [2.75, 3.05) is 22.1 Å². The summed E-state index contributed by atoms with van der Waals surface area (Å²) < 4.78 is 0. The van der Waals surface area contributed by atoms with Gasteiger partial charge >= 0.3 is 0 Å². The van der Waals surface area contributed by atoms with Crippen LogP contribution in [0.3, 0.4) is 0 Å². The van der Waals surface area contributed by atoms with Gasteiger partial charge in [-0.3, -0.25) is 14.4 Å². The molecule has 7 heteroatoms. The molecule has 6 nitrogen and oxygen atoms in total. The van der Waals surface area contributed by atoms with Crippen LogP contribution in [0.5, 0.6) is 0 Å². The summed E-state index contributed by atoms with van der Waals surface area (Å²) in [6, 6.07) is 13.9. The van der Waals surface area contributed by atoms with Crippen molar-refractivity contribution in [2.24, 2.45) is 5.92 Å². The standard InChI is InChI=1S/C19H18ClN3O3/c1-12(24)21-14-5-4-6-15(10-14)22-19(26)13-9-18(25)23(11-13)17-8-3-2-7-16(17)20/h2-8,10,13H,9,11H2,1H3,(H,21,24)(H,22,26). The van der Waals surface area contributed by atoms with Crippen LogP contribution < -0.4 is 15.5 Å². The third kappa shape index (κ3) is 4.03. The van der Waals surface area contributed by atoms with Crippen molar-refractivity contribution < 1.29 is 14.4 Å². The van der Waals surface area contributed by atoms with Crippen molar-refractivity contribution in [3.05, 3.63) is 53.6 Å². The number of para-hydroxylation sites is 1. The van der Waals surface area contributed by atoms with Crippen molar-refractivity contribution >= 4 is 46.4 Å². The van der Waals surface area contributed by atoms with E-state index in [-0.39, 0.29) is 30.7 Å². The van der Waals surface area contributed by atoms with Crippen LogP contribution in [0.4, 0.5) is 17.1 Å². The first-order valence-electron chi connectivity index (χ1n) is 8.17. The van der Waals surface area contributed by atoms with Crippen LogP contribution in [-0.4, -0.2) is 24.3 Å². The monoisotopic (exact) mass is 371 g/mol. The van der Waals surface area contributed by atoms with E-state index in [0.29, 0.717) is 22.1 Å². The Balaban J connectivity index is 1.69. The zero-order valence-electron chi connectivity index (χ0n) is 14.2. The maximum atomic E-state index is 12.5. The third-order valence-corrected chi connectivity index (χ3v) is 4.41. The van der Waals surface area contributed by atoms with Gasteiger partial charge in [-0.2, -0.15) is 0 Å². The molecule has 0 bridgehead atoms. The van der Waals surface area contributed by atoms with E-state index in [1.165, 1.54) is 6.92 Å². The molecule has 1 heterocycles. The molecule has 3 rings (SSSR count). The zero-order valence-corrected chi connectivity index (χ0v) is 14.9. The fraction of sp³-hybridized carbons (Fsp3) is 0.211. The molecule has 0 spiro atoms. The average molecular weight is 372 g/mol. The van der Waals surface area contributed by atoms with Crippen LogP contribution in [0.2, 0.25) is 5.02 Å². The number of nitrogens with one attached hydrogen (secondary N) is 2. The van der Waals surface area contributed by atoms with Crippen molar-refractivity contribution in [2.45, 2.75) is 13.3 Å². The highest BCUT2D eigenvalue weighted by atomic mass is 35.5. The van der Waals surface area contributed by atoms with E-state index in [4.69, 9.17) is 11.6 Å². The minimum atomic E-state index is -0.469. The Bertz CT molecular complexity index is 869. The van der Waals surface area contributed by atoms with Gasteiger partial charge in [0.2, 0.25) is 17.7 Å². The normalized spacial score (nSPS) is 16.5. The van der Waals surface area contributed by atoms with Crippen LogP contribution in [0.25, 0.3) is 0 Å². The van der Waals surface area contributed by atoms with Gasteiger partial charge < -0.3 is 15.5 Å². The Hall–Kier alpha value is -2.86. The summed E-state index contributed by atoms with van der Waals surface area (Å²) in [6.07, 6.45) is 0.127. The van der Waals surface area contributed by atoms with E-state index >= 15 is 0 Å². The van der Waals surface area contributed by atoms with E-state index in [0.717, 1.165) is 0 Å². The van der Waals surface area contributed by atoms with E-state index in [1.54, 1.807) is 53.4 Å². The summed E-state index contributed by atoms with van der Waals surface area (Å²) >= 11 is 6.16. The number of carbonyl (C=O) groups is 3. The van der Waals surface area contributed by atoms with Gasteiger partial charge in [0, 0.05) is 31.3 Å². The van der Waals surface area contributed by atoms with Crippen molar-refractivity contribution in [3.8, 4) is 0 Å². The number of nitrogens with zero attached hydrogens (tertiary/aromatic N) is 1. The van der Waals surface area contributed by atoms with E-state index in [1.807, 2.05) is 0 Å². The quantitative estimate of drug-likeness (QED) is 0.865. The Kier molecular flexibility index (Phi) is 5.23. The molecule has 1 aliphatic heterocycles. The summed E-state index contributed by atoms with van der Waals surface area (Å²) in [5.41, 5.74) is 1.77. The van der Waals surface area contributed by atoms with Crippen LogP contribution in [0.15, 0.2) is 48.5 Å². The van der Waals surface area contributed by atoms with Gasteiger partial charge in [0.05, 0.1) is 16.6 Å². The molecule has 1 atom stereocenters. The molecule has 2 aromatic carbocycles. The third-order valence-electron chi connectivity index (χ3n) is 4.09. The lowest BCUT2D eigenvalue weighted by atomic mass is 10.1. The maximum absolute atomic E-state index is 12.5. The maximum Gasteiger partial charge on any atom is 0.229 e. The molecule has 0 saturated carbocycles.